The molecule has 0 aliphatic rings. The van der Waals surface area contributed by atoms with Gasteiger partial charge in [0.15, 0.2) is 11.5 Å². The molecule has 27 heavy (non-hydrogen) atoms. The number of rotatable bonds is 9. The summed E-state index contributed by atoms with van der Waals surface area (Å²) in [5, 5.41) is 0. The lowest BCUT2D eigenvalue weighted by Crippen LogP contribution is -2.29. The zero-order valence-corrected chi connectivity index (χ0v) is 18.0. The van der Waals surface area contributed by atoms with Crippen molar-refractivity contribution >= 4 is 19.4 Å². The summed E-state index contributed by atoms with van der Waals surface area (Å²) in [6.45, 7) is 3.97. The highest BCUT2D eigenvalue weighted by atomic mass is 32.2. The average molecular weight is 410 g/mol. The van der Waals surface area contributed by atoms with Gasteiger partial charge in [0.1, 0.15) is 4.90 Å². The third-order valence-corrected chi connectivity index (χ3v) is 7.58. The first-order valence-corrected chi connectivity index (χ1v) is 11.3. The van der Waals surface area contributed by atoms with Gasteiger partial charge in [0.25, 0.3) is 0 Å². The van der Waals surface area contributed by atoms with Gasteiger partial charge in [-0.15, -0.1) is 0 Å². The lowest BCUT2D eigenvalue weighted by atomic mass is 10.0. The molecule has 147 valence electrons. The molecule has 0 aliphatic heterocycles. The molecule has 2 rings (SSSR count). The Balaban J connectivity index is 2.54. The van der Waals surface area contributed by atoms with Crippen LogP contribution in [0.2, 0.25) is 0 Å². The Bertz CT molecular complexity index is 850. The molecule has 6 nitrogen and oxygen atoms in total. The maximum atomic E-state index is 12.6. The highest BCUT2D eigenvalue weighted by Gasteiger charge is 2.32. The highest BCUT2D eigenvalue weighted by molar-refractivity contribution is 7.87. The van der Waals surface area contributed by atoms with Crippen molar-refractivity contribution in [2.75, 3.05) is 21.3 Å². The summed E-state index contributed by atoms with van der Waals surface area (Å²) in [6.07, 6.45) is 0.752. The zero-order chi connectivity index (χ0) is 20.0. The van der Waals surface area contributed by atoms with Crippen LogP contribution in [0.3, 0.4) is 0 Å². The Labute approximate surface area is 163 Å². The van der Waals surface area contributed by atoms with Crippen LogP contribution in [0.15, 0.2) is 47.4 Å². The van der Waals surface area contributed by atoms with E-state index in [9.17, 15) is 8.42 Å². The monoisotopic (exact) mass is 409 g/mol. The predicted octanol–water partition coefficient (Wildman–Crippen LogP) is 3.59. The summed E-state index contributed by atoms with van der Waals surface area (Å²) in [7, 11) is -0.863. The number of hydrogen-bond acceptors (Lipinski definition) is 6. The zero-order valence-electron chi connectivity index (χ0n) is 16.2. The quantitative estimate of drug-likeness (QED) is 0.466. The summed E-state index contributed by atoms with van der Waals surface area (Å²) in [6, 6.07) is 11.4. The minimum absolute atomic E-state index is 0.0528. The van der Waals surface area contributed by atoms with Crippen molar-refractivity contribution < 1.29 is 26.2 Å². The summed E-state index contributed by atoms with van der Waals surface area (Å²) >= 11 is 0. The third kappa shape index (κ3) is 4.70. The molecule has 0 N–H and O–H groups in total. The molecule has 2 aromatic carbocycles. The van der Waals surface area contributed by atoms with Gasteiger partial charge >= 0.3 is 19.4 Å². The lowest BCUT2D eigenvalue weighted by molar-refractivity contribution is 0.263. The van der Waals surface area contributed by atoms with Gasteiger partial charge in [-0.1, -0.05) is 31.2 Å². The molecule has 1 radical (unpaired) electrons. The van der Waals surface area contributed by atoms with Crippen LogP contribution in [0.1, 0.15) is 30.0 Å². The molecule has 1 unspecified atom stereocenters. The molecule has 0 amide bonds. The topological polar surface area (TPSA) is 71.1 Å². The second-order valence-corrected chi connectivity index (χ2v) is 9.56. The maximum Gasteiger partial charge on any atom is 0.392 e. The molecule has 0 bridgehead atoms. The van der Waals surface area contributed by atoms with Gasteiger partial charge in [-0.25, -0.2) is 0 Å². The first kappa shape index (κ1) is 21.4. The van der Waals surface area contributed by atoms with Crippen LogP contribution in [-0.2, 0) is 19.0 Å². The second-order valence-electron chi connectivity index (χ2n) is 5.87. The van der Waals surface area contributed by atoms with E-state index in [1.165, 1.54) is 19.2 Å². The minimum Gasteiger partial charge on any atom is -0.492 e. The van der Waals surface area contributed by atoms with Crippen LogP contribution >= 0.6 is 0 Å². The van der Waals surface area contributed by atoms with Crippen LogP contribution in [0.4, 0.5) is 0 Å². The Hall–Kier alpha value is -1.87. The van der Waals surface area contributed by atoms with Crippen molar-refractivity contribution in [3.8, 4) is 11.5 Å². The van der Waals surface area contributed by atoms with Crippen LogP contribution in [0, 0.1) is 6.92 Å². The van der Waals surface area contributed by atoms with Crippen LogP contribution in [-0.4, -0.2) is 39.0 Å². The van der Waals surface area contributed by atoms with E-state index < -0.39 is 19.4 Å². The molecule has 0 fully saturated rings. The summed E-state index contributed by atoms with van der Waals surface area (Å²) < 4.78 is 47.3. The van der Waals surface area contributed by atoms with E-state index in [0.29, 0.717) is 5.75 Å². The van der Waals surface area contributed by atoms with Gasteiger partial charge in [0.2, 0.25) is 0 Å². The van der Waals surface area contributed by atoms with Crippen molar-refractivity contribution in [1.82, 2.24) is 0 Å². The van der Waals surface area contributed by atoms with Gasteiger partial charge in [0.05, 0.1) is 7.11 Å². The third-order valence-electron chi connectivity index (χ3n) is 4.26. The fourth-order valence-corrected chi connectivity index (χ4v) is 5.61. The Morgan fingerprint density at radius 3 is 2.15 bits per heavy atom. The maximum absolute atomic E-state index is 12.6. The molecule has 0 spiro atoms. The van der Waals surface area contributed by atoms with E-state index in [1.807, 2.05) is 19.9 Å². The van der Waals surface area contributed by atoms with Crippen molar-refractivity contribution in [3.63, 3.8) is 0 Å². The second kappa shape index (κ2) is 9.36. The smallest absolute Gasteiger partial charge is 0.392 e. The number of benzene rings is 2. The van der Waals surface area contributed by atoms with E-state index in [-0.39, 0.29) is 16.2 Å². The van der Waals surface area contributed by atoms with E-state index in [4.69, 9.17) is 17.8 Å². The molecule has 2 aromatic rings. The van der Waals surface area contributed by atoms with Crippen molar-refractivity contribution in [3.05, 3.63) is 53.6 Å². The average Bonchev–Trinajstić information content (AvgIpc) is 2.68. The van der Waals surface area contributed by atoms with Gasteiger partial charge in [-0.05, 0) is 37.1 Å². The molecule has 0 heterocycles. The normalized spacial score (nSPS) is 12.8. The largest absolute Gasteiger partial charge is 0.492 e. The Morgan fingerprint density at radius 2 is 1.63 bits per heavy atom. The SMILES string of the molecule is CCC(c1c(C)ccc(OS(=O)(=O)c2ccccc2)c1OC)[Si](OC)OC. The molecule has 0 aliphatic carbocycles. The number of hydrogen-bond donors (Lipinski definition) is 0. The molecule has 0 saturated heterocycles. The van der Waals surface area contributed by atoms with Crippen molar-refractivity contribution in [1.29, 1.82) is 0 Å². The van der Waals surface area contributed by atoms with Gasteiger partial charge in [0, 0.05) is 25.3 Å². The molecule has 0 aromatic heterocycles. The molecular formula is C19H25O6SSi. The first-order chi connectivity index (χ1) is 12.9. The van der Waals surface area contributed by atoms with Gasteiger partial charge in [-0.3, -0.25) is 0 Å². The van der Waals surface area contributed by atoms with E-state index in [1.54, 1.807) is 38.5 Å². The number of aryl methyl sites for hydroxylation is 1. The van der Waals surface area contributed by atoms with Crippen LogP contribution in [0.25, 0.3) is 0 Å². The van der Waals surface area contributed by atoms with E-state index >= 15 is 0 Å². The standard InChI is InChI=1S/C19H25O6SSi/c1-6-17(27(23-4)24-5)18-14(2)12-13-16(19(18)22-3)25-26(20,21)15-10-8-7-9-11-15/h7-13,17H,6H2,1-5H3. The van der Waals surface area contributed by atoms with Gasteiger partial charge in [-0.2, -0.15) is 8.42 Å². The highest BCUT2D eigenvalue weighted by Crippen LogP contribution is 2.41. The predicted molar refractivity (Wildman–Crippen MR) is 105 cm³/mol. The van der Waals surface area contributed by atoms with Crippen molar-refractivity contribution in [2.45, 2.75) is 30.7 Å². The van der Waals surface area contributed by atoms with Crippen molar-refractivity contribution in [2.24, 2.45) is 0 Å². The molecule has 1 atom stereocenters. The van der Waals surface area contributed by atoms with Gasteiger partial charge < -0.3 is 17.8 Å². The van der Waals surface area contributed by atoms with E-state index in [2.05, 4.69) is 0 Å². The fraction of sp³-hybridized carbons (Fsp3) is 0.368. The molecular weight excluding hydrogens is 384 g/mol. The van der Waals surface area contributed by atoms with Crippen LogP contribution < -0.4 is 8.92 Å². The molecule has 0 saturated carbocycles. The lowest BCUT2D eigenvalue weighted by Gasteiger charge is -2.25. The van der Waals surface area contributed by atoms with E-state index in [0.717, 1.165) is 17.5 Å². The number of methoxy groups -OCH3 is 1. The summed E-state index contributed by atoms with van der Waals surface area (Å²) in [5.41, 5.74) is 1.75. The fourth-order valence-electron chi connectivity index (χ4n) is 3.00. The summed E-state index contributed by atoms with van der Waals surface area (Å²) in [4.78, 5) is 0.0831. The Kier molecular flexibility index (Phi) is 7.43. The Morgan fingerprint density at radius 1 is 1.00 bits per heavy atom. The first-order valence-electron chi connectivity index (χ1n) is 8.51. The van der Waals surface area contributed by atoms with Crippen LogP contribution in [0.5, 0.6) is 11.5 Å². The minimum atomic E-state index is -3.97. The molecule has 8 heteroatoms. The summed E-state index contributed by atoms with van der Waals surface area (Å²) in [5.74, 6) is 0.534. The number of ether oxygens (including phenoxy) is 1.